The summed E-state index contributed by atoms with van der Waals surface area (Å²) in [5.74, 6) is 0.238. The molecule has 1 aromatic rings. The summed E-state index contributed by atoms with van der Waals surface area (Å²) in [6.07, 6.45) is 2.03. The topological polar surface area (TPSA) is 49.4 Å². The molecule has 0 spiro atoms. The molecule has 2 unspecified atom stereocenters. The predicted molar refractivity (Wildman–Crippen MR) is 76.1 cm³/mol. The molecule has 0 radical (unpaired) electrons. The first-order valence-electron chi connectivity index (χ1n) is 6.92. The minimum Gasteiger partial charge on any atom is -0.343 e. The third-order valence-corrected chi connectivity index (χ3v) is 4.35. The second-order valence-corrected chi connectivity index (χ2v) is 5.98. The van der Waals surface area contributed by atoms with Crippen LogP contribution < -0.4 is 5.32 Å². The van der Waals surface area contributed by atoms with Gasteiger partial charge in [0.05, 0.1) is 0 Å². The van der Waals surface area contributed by atoms with Crippen molar-refractivity contribution in [2.75, 3.05) is 0 Å². The average molecular weight is 293 g/mol. The van der Waals surface area contributed by atoms with E-state index in [1.807, 2.05) is 18.2 Å². The van der Waals surface area contributed by atoms with E-state index in [1.54, 1.807) is 17.9 Å². The van der Waals surface area contributed by atoms with Gasteiger partial charge in [-0.1, -0.05) is 29.8 Å². The smallest absolute Gasteiger partial charge is 0.245 e. The third-order valence-electron chi connectivity index (χ3n) is 3.98. The van der Waals surface area contributed by atoms with Crippen LogP contribution in [0.1, 0.15) is 25.3 Å². The molecule has 2 fully saturated rings. The minimum absolute atomic E-state index is 0.0265. The molecule has 3 rings (SSSR count). The molecule has 20 heavy (non-hydrogen) atoms. The van der Waals surface area contributed by atoms with E-state index in [1.165, 1.54) is 0 Å². The van der Waals surface area contributed by atoms with Gasteiger partial charge in [0.1, 0.15) is 12.1 Å². The summed E-state index contributed by atoms with van der Waals surface area (Å²) >= 11 is 6.17. The van der Waals surface area contributed by atoms with Crippen LogP contribution in [0.2, 0.25) is 5.02 Å². The molecule has 2 aliphatic rings. The van der Waals surface area contributed by atoms with Gasteiger partial charge in [-0.2, -0.15) is 0 Å². The van der Waals surface area contributed by atoms with E-state index < -0.39 is 6.04 Å². The maximum absolute atomic E-state index is 12.4. The van der Waals surface area contributed by atoms with Crippen molar-refractivity contribution in [1.29, 1.82) is 0 Å². The molecule has 1 aliphatic heterocycles. The van der Waals surface area contributed by atoms with Crippen LogP contribution in [0.3, 0.4) is 0 Å². The molecule has 1 saturated carbocycles. The highest BCUT2D eigenvalue weighted by Crippen LogP contribution is 2.37. The van der Waals surface area contributed by atoms with Crippen molar-refractivity contribution in [3.05, 3.63) is 34.9 Å². The number of carbonyl (C=O) groups is 2. The van der Waals surface area contributed by atoms with Crippen molar-refractivity contribution in [3.63, 3.8) is 0 Å². The molecular weight excluding hydrogens is 276 g/mol. The first-order valence-corrected chi connectivity index (χ1v) is 7.30. The van der Waals surface area contributed by atoms with Crippen LogP contribution in [0.15, 0.2) is 24.3 Å². The first kappa shape index (κ1) is 13.4. The van der Waals surface area contributed by atoms with Crippen LogP contribution >= 0.6 is 11.6 Å². The predicted octanol–water partition coefficient (Wildman–Crippen LogP) is 1.97. The fraction of sp³-hybridized carbons (Fsp3) is 0.467. The third kappa shape index (κ3) is 2.40. The van der Waals surface area contributed by atoms with Gasteiger partial charge in [-0.25, -0.2) is 0 Å². The summed E-state index contributed by atoms with van der Waals surface area (Å²) in [6.45, 7) is 2.13. The zero-order valence-electron chi connectivity index (χ0n) is 11.3. The van der Waals surface area contributed by atoms with Gasteiger partial charge in [-0.05, 0) is 37.3 Å². The molecule has 1 heterocycles. The highest BCUT2D eigenvalue weighted by molar-refractivity contribution is 6.31. The van der Waals surface area contributed by atoms with Crippen LogP contribution in [-0.4, -0.2) is 28.8 Å². The van der Waals surface area contributed by atoms with E-state index in [9.17, 15) is 9.59 Å². The quantitative estimate of drug-likeness (QED) is 0.926. The number of halogens is 1. The average Bonchev–Trinajstić information content (AvgIpc) is 3.22. The normalized spacial score (nSPS) is 26.6. The van der Waals surface area contributed by atoms with E-state index in [2.05, 4.69) is 5.32 Å². The van der Waals surface area contributed by atoms with Crippen LogP contribution in [0.4, 0.5) is 0 Å². The maximum atomic E-state index is 12.4. The van der Waals surface area contributed by atoms with Gasteiger partial charge in [-0.3, -0.25) is 9.59 Å². The monoisotopic (exact) mass is 292 g/mol. The molecule has 4 nitrogen and oxygen atoms in total. The zero-order valence-corrected chi connectivity index (χ0v) is 12.1. The highest BCUT2D eigenvalue weighted by Gasteiger charge is 2.46. The number of carbonyl (C=O) groups excluding carboxylic acids is 2. The fourth-order valence-electron chi connectivity index (χ4n) is 2.75. The number of nitrogens with zero attached hydrogens (tertiary/aromatic N) is 1. The zero-order chi connectivity index (χ0) is 14.3. The molecule has 1 N–H and O–H groups in total. The summed E-state index contributed by atoms with van der Waals surface area (Å²) in [5.41, 5.74) is 0.884. The van der Waals surface area contributed by atoms with E-state index in [4.69, 9.17) is 11.6 Å². The molecule has 2 amide bonds. The van der Waals surface area contributed by atoms with Crippen molar-refractivity contribution >= 4 is 23.4 Å². The van der Waals surface area contributed by atoms with Crippen molar-refractivity contribution in [3.8, 4) is 0 Å². The Morgan fingerprint density at radius 2 is 2.00 bits per heavy atom. The molecule has 0 aromatic heterocycles. The lowest BCUT2D eigenvalue weighted by Gasteiger charge is -2.38. The number of hydrogen-bond acceptors (Lipinski definition) is 2. The largest absolute Gasteiger partial charge is 0.343 e. The number of rotatable bonds is 3. The number of amides is 2. The van der Waals surface area contributed by atoms with Crippen LogP contribution in [0.25, 0.3) is 0 Å². The lowest BCUT2D eigenvalue weighted by atomic mass is 10.0. The van der Waals surface area contributed by atoms with Crippen molar-refractivity contribution in [1.82, 2.24) is 10.2 Å². The lowest BCUT2D eigenvalue weighted by Crippen LogP contribution is -2.62. The standard InChI is InChI=1S/C15H17ClN2O2/c1-9-15(20)18(8-11-4-2-3-5-12(11)16)13(10-6-7-10)14(19)17-9/h2-5,9-10,13H,6-8H2,1H3,(H,17,19). The van der Waals surface area contributed by atoms with Gasteiger partial charge in [0.15, 0.2) is 0 Å². The Labute approximate surface area is 123 Å². The SMILES string of the molecule is CC1NC(=O)C(C2CC2)N(Cc2ccccc2Cl)C1=O. The van der Waals surface area contributed by atoms with Gasteiger partial charge in [0.25, 0.3) is 0 Å². The van der Waals surface area contributed by atoms with Gasteiger partial charge in [0, 0.05) is 11.6 Å². The molecule has 0 bridgehead atoms. The maximum Gasteiger partial charge on any atom is 0.245 e. The Kier molecular flexibility index (Phi) is 3.42. The summed E-state index contributed by atoms with van der Waals surface area (Å²) < 4.78 is 0. The number of piperazine rings is 1. The molecular formula is C15H17ClN2O2. The van der Waals surface area contributed by atoms with E-state index in [0.29, 0.717) is 17.5 Å². The molecule has 1 saturated heterocycles. The van der Waals surface area contributed by atoms with E-state index in [-0.39, 0.29) is 17.9 Å². The van der Waals surface area contributed by atoms with E-state index >= 15 is 0 Å². The number of benzene rings is 1. The fourth-order valence-corrected chi connectivity index (χ4v) is 2.95. The molecule has 106 valence electrons. The highest BCUT2D eigenvalue weighted by atomic mass is 35.5. The Morgan fingerprint density at radius 3 is 2.65 bits per heavy atom. The summed E-state index contributed by atoms with van der Waals surface area (Å²) in [7, 11) is 0. The Hall–Kier alpha value is -1.55. The summed E-state index contributed by atoms with van der Waals surface area (Å²) in [4.78, 5) is 26.3. The Balaban J connectivity index is 1.88. The van der Waals surface area contributed by atoms with Gasteiger partial charge >= 0.3 is 0 Å². The molecule has 1 aromatic carbocycles. The lowest BCUT2D eigenvalue weighted by molar-refractivity contribution is -0.150. The molecule has 2 atom stereocenters. The van der Waals surface area contributed by atoms with Gasteiger partial charge in [-0.15, -0.1) is 0 Å². The van der Waals surface area contributed by atoms with Gasteiger partial charge in [0.2, 0.25) is 11.8 Å². The van der Waals surface area contributed by atoms with Crippen molar-refractivity contribution < 1.29 is 9.59 Å². The van der Waals surface area contributed by atoms with Crippen molar-refractivity contribution in [2.45, 2.75) is 38.4 Å². The second kappa shape index (κ2) is 5.09. The Morgan fingerprint density at radius 1 is 1.30 bits per heavy atom. The Bertz CT molecular complexity index is 557. The van der Waals surface area contributed by atoms with Crippen molar-refractivity contribution in [2.24, 2.45) is 5.92 Å². The second-order valence-electron chi connectivity index (χ2n) is 5.57. The van der Waals surface area contributed by atoms with Crippen LogP contribution in [0.5, 0.6) is 0 Å². The van der Waals surface area contributed by atoms with Crippen LogP contribution in [0, 0.1) is 5.92 Å². The van der Waals surface area contributed by atoms with Gasteiger partial charge < -0.3 is 10.2 Å². The molecule has 5 heteroatoms. The van der Waals surface area contributed by atoms with E-state index in [0.717, 1.165) is 18.4 Å². The first-order chi connectivity index (χ1) is 9.58. The van der Waals surface area contributed by atoms with Crippen LogP contribution in [-0.2, 0) is 16.1 Å². The molecule has 1 aliphatic carbocycles. The number of nitrogens with one attached hydrogen (secondary N) is 1. The summed E-state index contributed by atoms with van der Waals surface area (Å²) in [5, 5.41) is 3.40. The minimum atomic E-state index is -0.458. The summed E-state index contributed by atoms with van der Waals surface area (Å²) in [6, 6.07) is 6.66. The number of hydrogen-bond donors (Lipinski definition) is 1.